The average molecular weight is 259 g/mol. The van der Waals surface area contributed by atoms with Crippen LogP contribution in [-0.4, -0.2) is 34.6 Å². The molecule has 17 heavy (non-hydrogen) atoms. The third kappa shape index (κ3) is 3.96. The lowest BCUT2D eigenvalue weighted by molar-refractivity contribution is -0.384. The number of nitro groups is 1. The number of aliphatic hydroxyl groups excluding tert-OH is 1. The molecule has 0 aromatic heterocycles. The van der Waals surface area contributed by atoms with Crippen LogP contribution in [0.25, 0.3) is 0 Å². The number of benzene rings is 1. The molecule has 6 heteroatoms. The van der Waals surface area contributed by atoms with Crippen LogP contribution in [0.15, 0.2) is 18.2 Å². The molecule has 0 aliphatic carbocycles. The van der Waals surface area contributed by atoms with Gasteiger partial charge in [-0.15, -0.1) is 0 Å². The van der Waals surface area contributed by atoms with Crippen LogP contribution in [0.5, 0.6) is 0 Å². The van der Waals surface area contributed by atoms with E-state index < -0.39 is 4.92 Å². The number of non-ortho nitro benzene ring substituents is 1. The highest BCUT2D eigenvalue weighted by Gasteiger charge is 2.12. The van der Waals surface area contributed by atoms with Crippen molar-refractivity contribution in [1.29, 1.82) is 0 Å². The first-order chi connectivity index (χ1) is 8.08. The second-order valence-corrected chi connectivity index (χ2v) is 4.03. The van der Waals surface area contributed by atoms with Crippen molar-refractivity contribution in [1.82, 2.24) is 4.90 Å². The topological polar surface area (TPSA) is 66.6 Å². The highest BCUT2D eigenvalue weighted by molar-refractivity contribution is 6.31. The van der Waals surface area contributed by atoms with E-state index in [2.05, 4.69) is 0 Å². The van der Waals surface area contributed by atoms with Gasteiger partial charge < -0.3 is 5.11 Å². The molecule has 0 aliphatic heterocycles. The molecule has 94 valence electrons. The number of nitrogens with zero attached hydrogens (tertiary/aromatic N) is 2. The molecule has 0 saturated carbocycles. The SMILES string of the molecule is CCN(CCO)Cc1cc([N+](=O)[O-])ccc1Cl. The lowest BCUT2D eigenvalue weighted by Gasteiger charge is -2.19. The fraction of sp³-hybridized carbons (Fsp3) is 0.455. The monoisotopic (exact) mass is 258 g/mol. The van der Waals surface area contributed by atoms with Gasteiger partial charge in [0.05, 0.1) is 11.5 Å². The number of hydrogen-bond donors (Lipinski definition) is 1. The Morgan fingerprint density at radius 2 is 2.24 bits per heavy atom. The summed E-state index contributed by atoms with van der Waals surface area (Å²) in [5, 5.41) is 20.0. The summed E-state index contributed by atoms with van der Waals surface area (Å²) in [7, 11) is 0. The largest absolute Gasteiger partial charge is 0.395 e. The van der Waals surface area contributed by atoms with Gasteiger partial charge in [0.15, 0.2) is 0 Å². The van der Waals surface area contributed by atoms with E-state index in [9.17, 15) is 10.1 Å². The first kappa shape index (κ1) is 13.9. The first-order valence-corrected chi connectivity index (χ1v) is 5.72. The van der Waals surface area contributed by atoms with E-state index >= 15 is 0 Å². The van der Waals surface area contributed by atoms with E-state index in [-0.39, 0.29) is 12.3 Å². The lowest BCUT2D eigenvalue weighted by Crippen LogP contribution is -2.26. The van der Waals surface area contributed by atoms with Crippen LogP contribution in [0.4, 0.5) is 5.69 Å². The third-order valence-electron chi connectivity index (χ3n) is 2.50. The van der Waals surface area contributed by atoms with E-state index in [0.29, 0.717) is 23.7 Å². The van der Waals surface area contributed by atoms with Crippen LogP contribution in [0.1, 0.15) is 12.5 Å². The van der Waals surface area contributed by atoms with Crippen molar-refractivity contribution < 1.29 is 10.0 Å². The summed E-state index contributed by atoms with van der Waals surface area (Å²) in [6, 6.07) is 4.39. The Bertz CT molecular complexity index is 398. The molecule has 0 fully saturated rings. The average Bonchev–Trinajstić information content (AvgIpc) is 2.30. The minimum absolute atomic E-state index is 0.0319. The van der Waals surface area contributed by atoms with Gasteiger partial charge in [0.25, 0.3) is 5.69 Å². The van der Waals surface area contributed by atoms with Gasteiger partial charge >= 0.3 is 0 Å². The number of hydrogen-bond acceptors (Lipinski definition) is 4. The molecule has 5 nitrogen and oxygen atoms in total. The summed E-state index contributed by atoms with van der Waals surface area (Å²) < 4.78 is 0. The molecule has 0 heterocycles. The zero-order chi connectivity index (χ0) is 12.8. The van der Waals surface area contributed by atoms with Crippen LogP contribution in [-0.2, 0) is 6.54 Å². The number of aliphatic hydroxyl groups is 1. The van der Waals surface area contributed by atoms with E-state index in [0.717, 1.165) is 6.54 Å². The van der Waals surface area contributed by atoms with Crippen LogP contribution in [0, 0.1) is 10.1 Å². The molecular formula is C11H15ClN2O3. The van der Waals surface area contributed by atoms with Gasteiger partial charge in [-0.2, -0.15) is 0 Å². The van der Waals surface area contributed by atoms with Crippen molar-refractivity contribution in [2.45, 2.75) is 13.5 Å². The molecule has 0 saturated heterocycles. The van der Waals surface area contributed by atoms with E-state index in [1.165, 1.54) is 18.2 Å². The first-order valence-electron chi connectivity index (χ1n) is 5.34. The summed E-state index contributed by atoms with van der Waals surface area (Å²) in [6.45, 7) is 3.79. The summed E-state index contributed by atoms with van der Waals surface area (Å²) in [5.41, 5.74) is 0.737. The van der Waals surface area contributed by atoms with Crippen LogP contribution < -0.4 is 0 Å². The normalized spacial score (nSPS) is 10.8. The number of halogens is 1. The summed E-state index contributed by atoms with van der Waals surface area (Å²) in [5.74, 6) is 0. The van der Waals surface area contributed by atoms with Crippen molar-refractivity contribution in [3.05, 3.63) is 38.9 Å². The Hall–Kier alpha value is -1.17. The highest BCUT2D eigenvalue weighted by atomic mass is 35.5. The van der Waals surface area contributed by atoms with Gasteiger partial charge in [0.1, 0.15) is 0 Å². The molecular weight excluding hydrogens is 244 g/mol. The standard InChI is InChI=1S/C11H15ClN2O3/c1-2-13(5-6-15)8-9-7-10(14(16)17)3-4-11(9)12/h3-4,7,15H,2,5-6,8H2,1H3. The molecule has 1 aromatic rings. The zero-order valence-corrected chi connectivity index (χ0v) is 10.4. The van der Waals surface area contributed by atoms with Gasteiger partial charge in [-0.25, -0.2) is 0 Å². The number of likely N-dealkylation sites (N-methyl/N-ethyl adjacent to an activating group) is 1. The van der Waals surface area contributed by atoms with Gasteiger partial charge in [-0.05, 0) is 18.2 Å². The van der Waals surface area contributed by atoms with Crippen LogP contribution in [0.3, 0.4) is 0 Å². The molecule has 1 N–H and O–H groups in total. The van der Waals surface area contributed by atoms with E-state index in [1.54, 1.807) is 0 Å². The van der Waals surface area contributed by atoms with Gasteiger partial charge in [-0.3, -0.25) is 15.0 Å². The van der Waals surface area contributed by atoms with Crippen LogP contribution >= 0.6 is 11.6 Å². The Balaban J connectivity index is 2.88. The maximum atomic E-state index is 10.7. The molecule has 0 unspecified atom stereocenters. The maximum Gasteiger partial charge on any atom is 0.269 e. The Kier molecular flexibility index (Phi) is 5.34. The van der Waals surface area contributed by atoms with E-state index in [1.807, 2.05) is 11.8 Å². The third-order valence-corrected chi connectivity index (χ3v) is 2.87. The molecule has 1 aromatic carbocycles. The van der Waals surface area contributed by atoms with Crippen molar-refractivity contribution in [3.8, 4) is 0 Å². The fourth-order valence-corrected chi connectivity index (χ4v) is 1.70. The molecule has 0 spiro atoms. The fourth-order valence-electron chi connectivity index (χ4n) is 1.53. The summed E-state index contributed by atoms with van der Waals surface area (Å²) in [4.78, 5) is 12.2. The molecule has 0 atom stereocenters. The number of rotatable bonds is 6. The van der Waals surface area contributed by atoms with Gasteiger partial charge in [0.2, 0.25) is 0 Å². The molecule has 0 radical (unpaired) electrons. The Morgan fingerprint density at radius 1 is 1.53 bits per heavy atom. The summed E-state index contributed by atoms with van der Waals surface area (Å²) >= 11 is 5.99. The second kappa shape index (κ2) is 6.54. The summed E-state index contributed by atoms with van der Waals surface area (Å²) in [6.07, 6.45) is 0. The zero-order valence-electron chi connectivity index (χ0n) is 9.60. The number of nitro benzene ring substituents is 1. The predicted octanol–water partition coefficient (Wildman–Crippen LogP) is 2.06. The minimum atomic E-state index is -0.442. The maximum absolute atomic E-state index is 10.7. The smallest absolute Gasteiger partial charge is 0.269 e. The molecule has 0 aliphatic rings. The lowest BCUT2D eigenvalue weighted by atomic mass is 10.2. The van der Waals surface area contributed by atoms with Crippen molar-refractivity contribution in [2.75, 3.05) is 19.7 Å². The quantitative estimate of drug-likeness (QED) is 0.627. The minimum Gasteiger partial charge on any atom is -0.395 e. The van der Waals surface area contributed by atoms with Gasteiger partial charge in [0, 0.05) is 30.2 Å². The molecule has 0 amide bonds. The predicted molar refractivity (Wildman–Crippen MR) is 66.1 cm³/mol. The Labute approximate surface area is 105 Å². The molecule has 1 rings (SSSR count). The van der Waals surface area contributed by atoms with Crippen molar-refractivity contribution in [2.24, 2.45) is 0 Å². The van der Waals surface area contributed by atoms with Gasteiger partial charge in [-0.1, -0.05) is 18.5 Å². The van der Waals surface area contributed by atoms with Crippen LogP contribution in [0.2, 0.25) is 5.02 Å². The van der Waals surface area contributed by atoms with E-state index in [4.69, 9.17) is 16.7 Å². The van der Waals surface area contributed by atoms with Crippen molar-refractivity contribution in [3.63, 3.8) is 0 Å². The molecule has 0 bridgehead atoms. The second-order valence-electron chi connectivity index (χ2n) is 3.63. The van der Waals surface area contributed by atoms with Crippen molar-refractivity contribution >= 4 is 17.3 Å². The Morgan fingerprint density at radius 3 is 2.76 bits per heavy atom. The highest BCUT2D eigenvalue weighted by Crippen LogP contribution is 2.23.